The molecule has 0 bridgehead atoms. The highest BCUT2D eigenvalue weighted by Gasteiger charge is 2.52. The average Bonchev–Trinajstić information content (AvgIpc) is 2.87. The molecule has 1 aliphatic carbocycles. The van der Waals surface area contributed by atoms with E-state index in [1.165, 1.54) is 21.5 Å². The van der Waals surface area contributed by atoms with Crippen molar-refractivity contribution >= 4 is 23.2 Å². The molecule has 0 radical (unpaired) electrons. The lowest BCUT2D eigenvalue weighted by Gasteiger charge is -2.34. The number of rotatable bonds is 5. The average molecular weight is 525 g/mol. The lowest BCUT2D eigenvalue weighted by Crippen LogP contribution is -3.00. The Kier molecular flexibility index (Phi) is 7.36. The van der Waals surface area contributed by atoms with Crippen LogP contribution in [0.15, 0.2) is 134 Å². The number of aryl methyl sites for hydroxylation is 1. The standard InChI is InChI=1S/C30H26N2P.BrH/c1-23-17-19-31-28(21-23)29-22-27(18-20-32-29)33(25-12-5-3-6-13-25,26-14-7-4-8-15-26)30-16-10-9-11-24(30)2;/h3-22,30H,2H2,1H3;1H/q+1;/p-1. The van der Waals surface area contributed by atoms with Crippen LogP contribution in [-0.4, -0.2) is 15.6 Å². The van der Waals surface area contributed by atoms with Gasteiger partial charge in [-0.1, -0.05) is 61.2 Å². The third-order valence-corrected chi connectivity index (χ3v) is 10.8. The van der Waals surface area contributed by atoms with Crippen molar-refractivity contribution in [2.24, 2.45) is 0 Å². The van der Waals surface area contributed by atoms with Crippen molar-refractivity contribution in [2.75, 3.05) is 0 Å². The van der Waals surface area contributed by atoms with Gasteiger partial charge in [-0.15, -0.1) is 0 Å². The Morgan fingerprint density at radius 2 is 1.29 bits per heavy atom. The first kappa shape index (κ1) is 24.0. The second kappa shape index (κ2) is 10.4. The van der Waals surface area contributed by atoms with Crippen LogP contribution in [0.4, 0.5) is 0 Å². The molecule has 2 nitrogen and oxygen atoms in total. The zero-order valence-electron chi connectivity index (χ0n) is 19.1. The van der Waals surface area contributed by atoms with E-state index in [4.69, 9.17) is 4.98 Å². The predicted octanol–water partition coefficient (Wildman–Crippen LogP) is 2.80. The summed E-state index contributed by atoms with van der Waals surface area (Å²) in [5.41, 5.74) is 4.26. The molecule has 5 rings (SSSR count). The number of benzene rings is 2. The minimum absolute atomic E-state index is 0. The molecule has 4 aromatic rings. The number of halogens is 1. The topological polar surface area (TPSA) is 25.8 Å². The van der Waals surface area contributed by atoms with Crippen LogP contribution in [0, 0.1) is 6.92 Å². The van der Waals surface area contributed by atoms with Crippen LogP contribution in [0.2, 0.25) is 0 Å². The zero-order valence-corrected chi connectivity index (χ0v) is 21.5. The van der Waals surface area contributed by atoms with E-state index in [2.05, 4.69) is 122 Å². The molecule has 1 atom stereocenters. The van der Waals surface area contributed by atoms with Gasteiger partial charge in [0.05, 0.1) is 11.4 Å². The molecule has 0 fully saturated rings. The van der Waals surface area contributed by atoms with Crippen molar-refractivity contribution < 1.29 is 17.0 Å². The van der Waals surface area contributed by atoms with Gasteiger partial charge >= 0.3 is 0 Å². The minimum atomic E-state index is -2.15. The van der Waals surface area contributed by atoms with Gasteiger partial charge in [0.15, 0.2) is 0 Å². The van der Waals surface area contributed by atoms with Crippen LogP contribution >= 0.6 is 7.26 Å². The fraction of sp³-hybridized carbons (Fsp3) is 0.0667. The summed E-state index contributed by atoms with van der Waals surface area (Å²) in [5.74, 6) is 0. The number of pyridine rings is 2. The highest BCUT2D eigenvalue weighted by atomic mass is 79.9. The van der Waals surface area contributed by atoms with Gasteiger partial charge in [0.1, 0.15) is 28.8 Å². The highest BCUT2D eigenvalue weighted by molar-refractivity contribution is 7.96. The van der Waals surface area contributed by atoms with Gasteiger partial charge in [0, 0.05) is 18.5 Å². The number of nitrogens with zero attached hydrogens (tertiary/aromatic N) is 2. The number of aromatic nitrogens is 2. The lowest BCUT2D eigenvalue weighted by molar-refractivity contribution is -0.00000653. The Hall–Kier alpha value is -3.13. The smallest absolute Gasteiger partial charge is 0.126 e. The SMILES string of the molecule is C=C1C=CC=CC1[P+](c1ccccc1)(c1ccccc1)c1ccnc(-c2cc(C)ccn2)c1.[Br-]. The van der Waals surface area contributed by atoms with E-state index < -0.39 is 7.26 Å². The molecule has 0 aliphatic heterocycles. The fourth-order valence-electron chi connectivity index (χ4n) is 4.66. The molecule has 0 saturated carbocycles. The molecule has 2 aromatic carbocycles. The van der Waals surface area contributed by atoms with E-state index in [1.807, 2.05) is 18.5 Å². The Labute approximate surface area is 212 Å². The molecule has 1 unspecified atom stereocenters. The molecule has 0 amide bonds. The number of hydrogen-bond donors (Lipinski definition) is 0. The van der Waals surface area contributed by atoms with E-state index in [9.17, 15) is 0 Å². The van der Waals surface area contributed by atoms with Crippen LogP contribution in [0.1, 0.15) is 5.56 Å². The Balaban J connectivity index is 0.00000274. The molecule has 168 valence electrons. The van der Waals surface area contributed by atoms with E-state index in [-0.39, 0.29) is 22.6 Å². The van der Waals surface area contributed by atoms with Crippen LogP contribution in [0.5, 0.6) is 0 Å². The van der Waals surface area contributed by atoms with Gasteiger partial charge < -0.3 is 17.0 Å². The monoisotopic (exact) mass is 524 g/mol. The molecule has 34 heavy (non-hydrogen) atoms. The van der Waals surface area contributed by atoms with Gasteiger partial charge in [0.2, 0.25) is 0 Å². The molecular weight excluding hydrogens is 499 g/mol. The summed E-state index contributed by atoms with van der Waals surface area (Å²) in [7, 11) is -2.15. The summed E-state index contributed by atoms with van der Waals surface area (Å²) in [5, 5.41) is 3.94. The normalized spacial score (nSPS) is 15.1. The van der Waals surface area contributed by atoms with Crippen molar-refractivity contribution in [2.45, 2.75) is 12.6 Å². The molecule has 0 N–H and O–H groups in total. The summed E-state index contributed by atoms with van der Waals surface area (Å²) in [6.45, 7) is 6.58. The maximum atomic E-state index is 4.72. The Morgan fingerprint density at radius 3 is 1.88 bits per heavy atom. The maximum absolute atomic E-state index is 4.72. The lowest BCUT2D eigenvalue weighted by atomic mass is 10.1. The van der Waals surface area contributed by atoms with Crippen LogP contribution in [0.3, 0.4) is 0 Å². The van der Waals surface area contributed by atoms with Crippen molar-refractivity contribution in [1.82, 2.24) is 9.97 Å². The zero-order chi connectivity index (χ0) is 22.7. The molecule has 0 saturated heterocycles. The van der Waals surface area contributed by atoms with Crippen LogP contribution in [-0.2, 0) is 0 Å². The van der Waals surface area contributed by atoms with Gasteiger partial charge in [-0.3, -0.25) is 9.97 Å². The summed E-state index contributed by atoms with van der Waals surface area (Å²) in [6, 6.07) is 30.4. The first-order valence-corrected chi connectivity index (χ1v) is 13.0. The van der Waals surface area contributed by atoms with Crippen molar-refractivity contribution in [3.05, 3.63) is 139 Å². The second-order valence-corrected chi connectivity index (χ2v) is 11.8. The molecule has 2 aromatic heterocycles. The van der Waals surface area contributed by atoms with Crippen molar-refractivity contribution in [3.8, 4) is 11.4 Å². The van der Waals surface area contributed by atoms with Crippen molar-refractivity contribution in [1.29, 1.82) is 0 Å². The van der Waals surface area contributed by atoms with Crippen LogP contribution < -0.4 is 32.9 Å². The molecular formula is C30H26BrN2P. The molecule has 2 heterocycles. The number of hydrogen-bond acceptors (Lipinski definition) is 2. The molecule has 0 spiro atoms. The molecule has 1 aliphatic rings. The summed E-state index contributed by atoms with van der Waals surface area (Å²) < 4.78 is 0. The highest BCUT2D eigenvalue weighted by Crippen LogP contribution is 2.62. The third kappa shape index (κ3) is 4.34. The maximum Gasteiger partial charge on any atom is 0.126 e. The number of allylic oxidation sites excluding steroid dienone is 5. The predicted molar refractivity (Wildman–Crippen MR) is 142 cm³/mol. The summed E-state index contributed by atoms with van der Waals surface area (Å²) in [4.78, 5) is 9.33. The largest absolute Gasteiger partial charge is 1.00 e. The minimum Gasteiger partial charge on any atom is -1.00 e. The van der Waals surface area contributed by atoms with E-state index >= 15 is 0 Å². The fourth-order valence-corrected chi connectivity index (χ4v) is 9.37. The van der Waals surface area contributed by atoms with Gasteiger partial charge in [-0.05, 0) is 66.6 Å². The Morgan fingerprint density at radius 1 is 0.706 bits per heavy atom. The quantitative estimate of drug-likeness (QED) is 0.375. The molecule has 4 heteroatoms. The van der Waals surface area contributed by atoms with E-state index in [1.54, 1.807) is 0 Å². The summed E-state index contributed by atoms with van der Waals surface area (Å²) >= 11 is 0. The van der Waals surface area contributed by atoms with E-state index in [0.717, 1.165) is 17.0 Å². The van der Waals surface area contributed by atoms with Crippen molar-refractivity contribution in [3.63, 3.8) is 0 Å². The van der Waals surface area contributed by atoms with Gasteiger partial charge in [-0.2, -0.15) is 0 Å². The summed E-state index contributed by atoms with van der Waals surface area (Å²) in [6.07, 6.45) is 12.5. The first-order valence-electron chi connectivity index (χ1n) is 11.1. The van der Waals surface area contributed by atoms with E-state index in [0.29, 0.717) is 0 Å². The van der Waals surface area contributed by atoms with Gasteiger partial charge in [0.25, 0.3) is 0 Å². The van der Waals surface area contributed by atoms with Gasteiger partial charge in [-0.25, -0.2) is 0 Å². The third-order valence-electron chi connectivity index (χ3n) is 6.17. The van der Waals surface area contributed by atoms with Crippen LogP contribution in [0.25, 0.3) is 11.4 Å². The second-order valence-electron chi connectivity index (χ2n) is 8.28. The first-order chi connectivity index (χ1) is 16.2. The Bertz CT molecular complexity index is 1310.